The van der Waals surface area contributed by atoms with Gasteiger partial charge in [-0.25, -0.2) is 9.78 Å². The number of aromatic nitrogens is 1. The molecule has 9 heteroatoms. The van der Waals surface area contributed by atoms with Crippen LogP contribution in [-0.4, -0.2) is 48.1 Å². The van der Waals surface area contributed by atoms with Gasteiger partial charge in [0.15, 0.2) is 0 Å². The molecule has 1 N–H and O–H groups in total. The molecule has 7 nitrogen and oxygen atoms in total. The van der Waals surface area contributed by atoms with Crippen molar-refractivity contribution >= 4 is 52.4 Å². The number of alkyl carbamates (subject to hydrolysis) is 1. The minimum atomic E-state index is -0.758. The fourth-order valence-corrected chi connectivity index (χ4v) is 5.04. The van der Waals surface area contributed by atoms with E-state index >= 15 is 0 Å². The number of hydrogen-bond donors (Lipinski definition) is 1. The number of amides is 2. The van der Waals surface area contributed by atoms with Gasteiger partial charge in [-0.05, 0) is 58.5 Å². The second-order valence-electron chi connectivity index (χ2n) is 8.88. The molecule has 2 aromatic rings. The molecule has 2 rings (SSSR count). The third-order valence-corrected chi connectivity index (χ3v) is 7.14. The highest BCUT2D eigenvalue weighted by Crippen LogP contribution is 2.32. The Morgan fingerprint density at radius 1 is 1.31 bits per heavy atom. The van der Waals surface area contributed by atoms with Crippen molar-refractivity contribution < 1.29 is 14.3 Å². The number of carbonyl (C=O) groups excluding carboxylic acids is 2. The van der Waals surface area contributed by atoms with E-state index < -0.39 is 17.7 Å². The molecule has 1 aromatic heterocycles. The molecular weight excluding hydrogens is 480 g/mol. The fraction of sp³-hybridized carbons (Fsp3) is 0.385. The highest BCUT2D eigenvalue weighted by Gasteiger charge is 2.29. The number of aryl methyl sites for hydroxylation is 1. The van der Waals surface area contributed by atoms with Crippen molar-refractivity contribution in [3.05, 3.63) is 64.9 Å². The summed E-state index contributed by atoms with van der Waals surface area (Å²) in [6.07, 6.45) is 4.66. The normalized spacial score (nSPS) is 12.9. The van der Waals surface area contributed by atoms with E-state index in [0.29, 0.717) is 5.75 Å². The zero-order chi connectivity index (χ0) is 26.0. The summed E-state index contributed by atoms with van der Waals surface area (Å²) >= 11 is 3.00. The van der Waals surface area contributed by atoms with Crippen LogP contribution in [0.1, 0.15) is 44.0 Å². The Labute approximate surface area is 216 Å². The van der Waals surface area contributed by atoms with E-state index in [4.69, 9.17) is 4.74 Å². The molecule has 0 aliphatic heterocycles. The number of ether oxygens (including phenoxy) is 1. The summed E-state index contributed by atoms with van der Waals surface area (Å²) in [6.45, 7) is 12.6. The number of thiazole rings is 1. The molecule has 0 fully saturated rings. The maximum atomic E-state index is 13.5. The Kier molecular flexibility index (Phi) is 10.7. The van der Waals surface area contributed by atoms with Crippen LogP contribution in [0, 0.1) is 6.92 Å². The van der Waals surface area contributed by atoms with Crippen LogP contribution in [0.3, 0.4) is 0 Å². The summed E-state index contributed by atoms with van der Waals surface area (Å²) in [7, 11) is 1.71. The zero-order valence-electron chi connectivity index (χ0n) is 21.2. The number of nitrogens with zero attached hydrogens (tertiary/aromatic N) is 3. The number of carbonyl (C=O) groups is 2. The SMILES string of the molecule is C=N/C=C\C=C(/C)c1nc(C)c(N(C)C(=O)[C@H](CSCc2ccccc2)NC(=O)OC(C)(C)C)s1. The van der Waals surface area contributed by atoms with E-state index in [9.17, 15) is 9.59 Å². The van der Waals surface area contributed by atoms with Gasteiger partial charge in [0.05, 0.1) is 5.69 Å². The maximum Gasteiger partial charge on any atom is 0.408 e. The van der Waals surface area contributed by atoms with Crippen LogP contribution < -0.4 is 10.2 Å². The molecule has 0 saturated heterocycles. The molecular formula is C26H34N4O3S2. The first-order valence-corrected chi connectivity index (χ1v) is 13.1. The van der Waals surface area contributed by atoms with Gasteiger partial charge in [-0.1, -0.05) is 47.7 Å². The van der Waals surface area contributed by atoms with Gasteiger partial charge in [0, 0.05) is 24.8 Å². The van der Waals surface area contributed by atoms with Gasteiger partial charge in [0.25, 0.3) is 5.91 Å². The topological polar surface area (TPSA) is 83.9 Å². The van der Waals surface area contributed by atoms with Gasteiger partial charge in [0.1, 0.15) is 21.7 Å². The number of rotatable bonds is 10. The first kappa shape index (κ1) is 28.3. The average molecular weight is 515 g/mol. The summed E-state index contributed by atoms with van der Waals surface area (Å²) < 4.78 is 5.41. The average Bonchev–Trinajstić information content (AvgIpc) is 3.18. The lowest BCUT2D eigenvalue weighted by molar-refractivity contribution is -0.119. The van der Waals surface area contributed by atoms with E-state index in [1.807, 2.05) is 50.3 Å². The second kappa shape index (κ2) is 13.3. The van der Waals surface area contributed by atoms with Crippen LogP contribution in [0.15, 0.2) is 53.7 Å². The number of anilines is 1. The maximum absolute atomic E-state index is 13.5. The number of benzene rings is 1. The second-order valence-corrected chi connectivity index (χ2v) is 10.9. The minimum Gasteiger partial charge on any atom is -0.444 e. The molecule has 2 amide bonds. The predicted octanol–water partition coefficient (Wildman–Crippen LogP) is 5.86. The third kappa shape index (κ3) is 9.33. The molecule has 188 valence electrons. The monoisotopic (exact) mass is 514 g/mol. The van der Waals surface area contributed by atoms with Crippen molar-refractivity contribution in [3.63, 3.8) is 0 Å². The minimum absolute atomic E-state index is 0.230. The standard InChI is InChI=1S/C26H34N4O3S2/c1-18(12-11-15-27-6)22-28-19(2)24(35-22)30(7)23(31)21(29-25(32)33-26(3,4)5)17-34-16-20-13-9-8-10-14-20/h8-15,21H,6,16-17H2,1-5,7H3,(H,29,32)/b15-11-,18-12+/t21-/m0/s1. The number of aliphatic imine (C=N–C) groups is 1. The first-order valence-electron chi connectivity index (χ1n) is 11.2. The lowest BCUT2D eigenvalue weighted by Gasteiger charge is -2.26. The molecule has 35 heavy (non-hydrogen) atoms. The smallest absolute Gasteiger partial charge is 0.408 e. The lowest BCUT2D eigenvalue weighted by Crippen LogP contribution is -2.50. The molecule has 1 aromatic carbocycles. The quantitative estimate of drug-likeness (QED) is 0.317. The molecule has 0 radical (unpaired) electrons. The first-order chi connectivity index (χ1) is 16.5. The Morgan fingerprint density at radius 2 is 2.00 bits per heavy atom. The predicted molar refractivity (Wildman–Crippen MR) is 148 cm³/mol. The Hall–Kier alpha value is -2.91. The molecule has 1 heterocycles. The van der Waals surface area contributed by atoms with Crippen molar-refractivity contribution in [1.82, 2.24) is 10.3 Å². The zero-order valence-corrected chi connectivity index (χ0v) is 22.8. The Balaban J connectivity index is 2.20. The Morgan fingerprint density at radius 3 is 2.63 bits per heavy atom. The van der Waals surface area contributed by atoms with Gasteiger partial charge in [-0.2, -0.15) is 11.8 Å². The summed E-state index contributed by atoms with van der Waals surface area (Å²) in [4.78, 5) is 35.9. The van der Waals surface area contributed by atoms with Crippen molar-refractivity contribution in [1.29, 1.82) is 0 Å². The van der Waals surface area contributed by atoms with E-state index in [2.05, 4.69) is 22.0 Å². The van der Waals surface area contributed by atoms with Crippen LogP contribution in [0.5, 0.6) is 0 Å². The van der Waals surface area contributed by atoms with Gasteiger partial charge < -0.3 is 15.0 Å². The number of likely N-dealkylation sites (N-methyl/N-ethyl adjacent to an activating group) is 1. The van der Waals surface area contributed by atoms with Gasteiger partial charge in [0.2, 0.25) is 0 Å². The van der Waals surface area contributed by atoms with E-state index in [-0.39, 0.29) is 5.91 Å². The molecule has 0 unspecified atom stereocenters. The van der Waals surface area contributed by atoms with E-state index in [0.717, 1.165) is 32.6 Å². The molecule has 0 aliphatic carbocycles. The number of thioether (sulfide) groups is 1. The van der Waals surface area contributed by atoms with Crippen molar-refractivity contribution in [2.45, 2.75) is 52.0 Å². The molecule has 1 atom stereocenters. The third-order valence-electron chi connectivity index (χ3n) is 4.67. The summed E-state index contributed by atoms with van der Waals surface area (Å²) in [5, 5.41) is 4.30. The highest BCUT2D eigenvalue weighted by atomic mass is 32.2. The van der Waals surface area contributed by atoms with Crippen molar-refractivity contribution in [2.75, 3.05) is 17.7 Å². The molecule has 0 bridgehead atoms. The highest BCUT2D eigenvalue weighted by molar-refractivity contribution is 7.98. The number of hydrogen-bond acceptors (Lipinski definition) is 7. The molecule has 0 saturated carbocycles. The van der Waals surface area contributed by atoms with Crippen LogP contribution in [-0.2, 0) is 15.3 Å². The van der Waals surface area contributed by atoms with E-state index in [1.165, 1.54) is 11.3 Å². The molecule has 0 aliphatic rings. The van der Waals surface area contributed by atoms with Crippen LogP contribution in [0.25, 0.3) is 5.57 Å². The van der Waals surface area contributed by atoms with Crippen molar-refractivity contribution in [3.8, 4) is 0 Å². The van der Waals surface area contributed by atoms with Crippen LogP contribution in [0.2, 0.25) is 0 Å². The number of allylic oxidation sites excluding steroid dienone is 3. The van der Waals surface area contributed by atoms with E-state index in [1.54, 1.807) is 56.8 Å². The summed E-state index contributed by atoms with van der Waals surface area (Å²) in [6, 6.07) is 9.25. The summed E-state index contributed by atoms with van der Waals surface area (Å²) in [5.41, 5.74) is 2.18. The lowest BCUT2D eigenvalue weighted by atomic mass is 10.2. The van der Waals surface area contributed by atoms with Gasteiger partial charge in [-0.15, -0.1) is 0 Å². The fourth-order valence-electron chi connectivity index (χ4n) is 3.01. The Bertz CT molecular complexity index is 1070. The van der Waals surface area contributed by atoms with Crippen LogP contribution >= 0.6 is 23.1 Å². The van der Waals surface area contributed by atoms with Crippen LogP contribution in [0.4, 0.5) is 9.80 Å². The summed E-state index contributed by atoms with van der Waals surface area (Å²) in [5.74, 6) is 0.901. The largest absolute Gasteiger partial charge is 0.444 e. The van der Waals surface area contributed by atoms with Gasteiger partial charge in [-0.3, -0.25) is 9.79 Å². The molecule has 0 spiro atoms. The number of nitrogens with one attached hydrogen (secondary N) is 1. The van der Waals surface area contributed by atoms with Crippen molar-refractivity contribution in [2.24, 2.45) is 4.99 Å². The van der Waals surface area contributed by atoms with Gasteiger partial charge >= 0.3 is 6.09 Å².